The van der Waals surface area contributed by atoms with Crippen LogP contribution >= 0.6 is 15.9 Å². The Labute approximate surface area is 148 Å². The highest BCUT2D eigenvalue weighted by Gasteiger charge is 2.41. The summed E-state index contributed by atoms with van der Waals surface area (Å²) in [4.78, 5) is 17.2. The third kappa shape index (κ3) is 2.43. The average Bonchev–Trinajstić information content (AvgIpc) is 2.84. The maximum Gasteiger partial charge on any atom is 0.241 e. The van der Waals surface area contributed by atoms with Gasteiger partial charge < -0.3 is 11.1 Å². The number of nitrogen functional groups attached to an aromatic ring is 1. The third-order valence-electron chi connectivity index (χ3n) is 4.53. The van der Waals surface area contributed by atoms with Crippen LogP contribution in [-0.2, 0) is 4.79 Å². The van der Waals surface area contributed by atoms with Gasteiger partial charge in [0.25, 0.3) is 0 Å². The maximum atomic E-state index is 12.9. The molecule has 1 unspecified atom stereocenters. The maximum absolute atomic E-state index is 12.9. The third-order valence-corrected chi connectivity index (χ3v) is 5.06. The fraction of sp³-hybridized carbons (Fsp3) is 0.353. The molecule has 0 fully saturated rings. The smallest absolute Gasteiger partial charge is 0.241 e. The molecule has 6 nitrogen and oxygen atoms in total. The van der Waals surface area contributed by atoms with E-state index in [1.54, 1.807) is 4.68 Å². The highest BCUT2D eigenvalue weighted by molar-refractivity contribution is 9.10. The summed E-state index contributed by atoms with van der Waals surface area (Å²) in [7, 11) is 0. The highest BCUT2D eigenvalue weighted by atomic mass is 79.9. The Morgan fingerprint density at radius 2 is 2.00 bits per heavy atom. The molecule has 3 N–H and O–H groups in total. The number of carbonyl (C=O) groups excluding carboxylic acids is 1. The number of nitrogens with zero attached hydrogens (tertiary/aromatic N) is 3. The minimum Gasteiger partial charge on any atom is -0.366 e. The van der Waals surface area contributed by atoms with E-state index in [4.69, 9.17) is 5.73 Å². The lowest BCUT2D eigenvalue weighted by molar-refractivity contribution is -0.118. The number of fused-ring (bicyclic) bond motifs is 1. The first-order valence-corrected chi connectivity index (χ1v) is 8.64. The lowest BCUT2D eigenvalue weighted by atomic mass is 9.73. The molecule has 1 aromatic carbocycles. The van der Waals surface area contributed by atoms with Gasteiger partial charge >= 0.3 is 0 Å². The van der Waals surface area contributed by atoms with Crippen LogP contribution in [0.2, 0.25) is 0 Å². The Balaban J connectivity index is 1.91. The van der Waals surface area contributed by atoms with Gasteiger partial charge in [-0.1, -0.05) is 41.9 Å². The van der Waals surface area contributed by atoms with Crippen molar-refractivity contribution >= 4 is 33.6 Å². The summed E-state index contributed by atoms with van der Waals surface area (Å²) in [6.45, 7) is 4.22. The monoisotopic (exact) mass is 387 g/mol. The lowest BCUT2D eigenvalue weighted by Crippen LogP contribution is -2.36. The average molecular weight is 388 g/mol. The Morgan fingerprint density at radius 1 is 1.29 bits per heavy atom. The molecule has 1 aliphatic heterocycles. The zero-order valence-corrected chi connectivity index (χ0v) is 15.1. The van der Waals surface area contributed by atoms with Crippen LogP contribution in [0.1, 0.15) is 38.3 Å². The van der Waals surface area contributed by atoms with E-state index in [1.807, 2.05) is 24.3 Å². The number of anilines is 2. The Morgan fingerprint density at radius 3 is 2.71 bits per heavy atom. The first-order chi connectivity index (χ1) is 11.3. The predicted octanol–water partition coefficient (Wildman–Crippen LogP) is 3.28. The number of halogens is 1. The van der Waals surface area contributed by atoms with Crippen LogP contribution in [0.3, 0.4) is 0 Å². The molecule has 0 radical (unpaired) electrons. The number of benzene rings is 1. The van der Waals surface area contributed by atoms with Crippen LogP contribution in [0.15, 0.2) is 40.0 Å². The van der Waals surface area contributed by atoms with Crippen molar-refractivity contribution in [2.45, 2.75) is 32.7 Å². The quantitative estimate of drug-likeness (QED) is 0.783. The van der Waals surface area contributed by atoms with Gasteiger partial charge in [0.1, 0.15) is 6.04 Å². The van der Waals surface area contributed by atoms with Gasteiger partial charge in [0.15, 0.2) is 5.78 Å². The lowest BCUT2D eigenvalue weighted by Gasteiger charge is -2.38. The second kappa shape index (κ2) is 5.17. The van der Waals surface area contributed by atoms with Crippen LogP contribution in [0.4, 0.5) is 11.9 Å². The van der Waals surface area contributed by atoms with E-state index in [-0.39, 0.29) is 23.2 Å². The van der Waals surface area contributed by atoms with Gasteiger partial charge in [-0.15, -0.1) is 5.10 Å². The molecule has 4 rings (SSSR count). The van der Waals surface area contributed by atoms with E-state index in [0.29, 0.717) is 12.4 Å². The van der Waals surface area contributed by atoms with Gasteiger partial charge in [0, 0.05) is 22.2 Å². The minimum absolute atomic E-state index is 0.0685. The van der Waals surface area contributed by atoms with Crippen molar-refractivity contribution in [2.24, 2.45) is 5.41 Å². The van der Waals surface area contributed by atoms with Crippen molar-refractivity contribution in [2.75, 3.05) is 11.1 Å². The van der Waals surface area contributed by atoms with Gasteiger partial charge in [0.05, 0.1) is 0 Å². The van der Waals surface area contributed by atoms with Crippen molar-refractivity contribution in [3.63, 3.8) is 0 Å². The normalized spacial score (nSPS) is 22.0. The fourth-order valence-corrected chi connectivity index (χ4v) is 3.84. The molecule has 24 heavy (non-hydrogen) atoms. The van der Waals surface area contributed by atoms with E-state index >= 15 is 0 Å². The number of allylic oxidation sites excluding steroid dienone is 2. The number of nitrogens with two attached hydrogens (primary N) is 1. The number of carbonyl (C=O) groups is 1. The molecule has 0 amide bonds. The molecule has 124 valence electrons. The summed E-state index contributed by atoms with van der Waals surface area (Å²) >= 11 is 3.45. The highest BCUT2D eigenvalue weighted by Crippen LogP contribution is 2.45. The number of ketones is 1. The molecule has 0 saturated carbocycles. The SMILES string of the molecule is CC1(C)CC(=O)C2=C(C1)Nc1nc(N)nn1C2c1ccc(Br)cc1. The van der Waals surface area contributed by atoms with Crippen molar-refractivity contribution in [1.29, 1.82) is 0 Å². The molecular weight excluding hydrogens is 370 g/mol. The predicted molar refractivity (Wildman–Crippen MR) is 95.4 cm³/mol. The Hall–Kier alpha value is -2.15. The summed E-state index contributed by atoms with van der Waals surface area (Å²) in [5.74, 6) is 0.942. The molecule has 7 heteroatoms. The topological polar surface area (TPSA) is 85.8 Å². The summed E-state index contributed by atoms with van der Waals surface area (Å²) in [6, 6.07) is 7.64. The summed E-state index contributed by atoms with van der Waals surface area (Å²) in [6.07, 6.45) is 1.33. The van der Waals surface area contributed by atoms with Crippen molar-refractivity contribution in [3.05, 3.63) is 45.6 Å². The van der Waals surface area contributed by atoms with Crippen LogP contribution in [0.25, 0.3) is 0 Å². The van der Waals surface area contributed by atoms with Gasteiger partial charge in [-0.2, -0.15) is 4.98 Å². The van der Waals surface area contributed by atoms with E-state index in [9.17, 15) is 4.79 Å². The van der Waals surface area contributed by atoms with Gasteiger partial charge in [-0.3, -0.25) is 4.79 Å². The molecule has 2 heterocycles. The van der Waals surface area contributed by atoms with E-state index < -0.39 is 0 Å². The standard InChI is InChI=1S/C17H18BrN5O/c1-17(2)7-11-13(12(24)8-17)14(9-3-5-10(18)6-4-9)23-16(20-11)21-15(19)22-23/h3-6,14H,7-8H2,1-2H3,(H3,19,20,21,22). The molecule has 1 atom stereocenters. The van der Waals surface area contributed by atoms with E-state index in [1.165, 1.54) is 0 Å². The number of hydrogen-bond donors (Lipinski definition) is 2. The van der Waals surface area contributed by atoms with Crippen molar-refractivity contribution in [3.8, 4) is 0 Å². The molecule has 2 aromatic rings. The molecule has 0 saturated heterocycles. The molecule has 1 aliphatic carbocycles. The molecule has 0 spiro atoms. The van der Waals surface area contributed by atoms with E-state index in [0.717, 1.165) is 27.7 Å². The van der Waals surface area contributed by atoms with Crippen LogP contribution < -0.4 is 11.1 Å². The number of hydrogen-bond acceptors (Lipinski definition) is 5. The molecule has 1 aromatic heterocycles. The second-order valence-electron chi connectivity index (χ2n) is 7.15. The van der Waals surface area contributed by atoms with Gasteiger partial charge in [-0.25, -0.2) is 4.68 Å². The van der Waals surface area contributed by atoms with E-state index in [2.05, 4.69) is 45.2 Å². The fourth-order valence-electron chi connectivity index (χ4n) is 3.58. The number of rotatable bonds is 1. The molecule has 0 bridgehead atoms. The van der Waals surface area contributed by atoms with Gasteiger partial charge in [-0.05, 0) is 29.5 Å². The Kier molecular flexibility index (Phi) is 3.32. The largest absolute Gasteiger partial charge is 0.366 e. The number of Topliss-reactive ketones (excluding diaryl/α,β-unsaturated/α-hetero) is 1. The number of nitrogens with one attached hydrogen (secondary N) is 1. The first-order valence-electron chi connectivity index (χ1n) is 7.85. The first kappa shape index (κ1) is 15.4. The summed E-state index contributed by atoms with van der Waals surface area (Å²) < 4.78 is 2.71. The summed E-state index contributed by atoms with van der Waals surface area (Å²) in [5, 5.41) is 7.59. The van der Waals surface area contributed by atoms with Crippen molar-refractivity contribution in [1.82, 2.24) is 14.8 Å². The second-order valence-corrected chi connectivity index (χ2v) is 8.07. The molecule has 2 aliphatic rings. The van der Waals surface area contributed by atoms with Gasteiger partial charge in [0.2, 0.25) is 11.9 Å². The Bertz CT molecular complexity index is 866. The van der Waals surface area contributed by atoms with Crippen LogP contribution in [-0.4, -0.2) is 20.5 Å². The zero-order valence-electron chi connectivity index (χ0n) is 13.5. The summed E-state index contributed by atoms with van der Waals surface area (Å²) in [5.41, 5.74) is 8.44. The minimum atomic E-state index is -0.294. The van der Waals surface area contributed by atoms with Crippen molar-refractivity contribution < 1.29 is 4.79 Å². The number of aromatic nitrogens is 3. The zero-order chi connectivity index (χ0) is 17.1. The molecular formula is C17H18BrN5O. The van der Waals surface area contributed by atoms with Crippen LogP contribution in [0, 0.1) is 5.41 Å². The van der Waals surface area contributed by atoms with Crippen LogP contribution in [0.5, 0.6) is 0 Å².